The summed E-state index contributed by atoms with van der Waals surface area (Å²) < 4.78 is 9.09. The second-order valence-electron chi connectivity index (χ2n) is 12.5. The Morgan fingerprint density at radius 3 is 2.20 bits per heavy atom. The maximum atomic E-state index is 6.56. The van der Waals surface area contributed by atoms with Crippen molar-refractivity contribution in [3.05, 3.63) is 174 Å². The van der Waals surface area contributed by atoms with Crippen LogP contribution in [0.3, 0.4) is 0 Å². The minimum absolute atomic E-state index is 0.671. The maximum Gasteiger partial charge on any atom is 0.160 e. The fourth-order valence-corrected chi connectivity index (χ4v) is 8.39. The lowest BCUT2D eigenvalue weighted by Gasteiger charge is -2.08. The molecular formula is C45H28N2OS. The summed E-state index contributed by atoms with van der Waals surface area (Å²) in [6.07, 6.45) is 2.91. The quantitative estimate of drug-likeness (QED) is 0.188. The van der Waals surface area contributed by atoms with Crippen LogP contribution in [0.2, 0.25) is 0 Å². The maximum absolute atomic E-state index is 6.56. The molecule has 0 saturated carbocycles. The number of hydrogen-bond donors (Lipinski definition) is 0. The van der Waals surface area contributed by atoms with Crippen LogP contribution in [0.1, 0.15) is 23.1 Å². The summed E-state index contributed by atoms with van der Waals surface area (Å²) in [6, 6.07) is 53.5. The van der Waals surface area contributed by atoms with E-state index in [4.69, 9.17) is 14.4 Å². The van der Waals surface area contributed by atoms with Gasteiger partial charge in [0.15, 0.2) is 5.84 Å². The van der Waals surface area contributed by atoms with Gasteiger partial charge in [-0.15, -0.1) is 11.3 Å². The first-order chi connectivity index (χ1) is 24.3. The van der Waals surface area contributed by atoms with Crippen molar-refractivity contribution in [2.24, 2.45) is 9.98 Å². The van der Waals surface area contributed by atoms with Gasteiger partial charge in [0.05, 0.1) is 11.4 Å². The van der Waals surface area contributed by atoms with E-state index in [1.165, 1.54) is 30.9 Å². The van der Waals surface area contributed by atoms with Gasteiger partial charge in [0.25, 0.3) is 0 Å². The third-order valence-electron chi connectivity index (χ3n) is 9.56. The molecule has 0 amide bonds. The Balaban J connectivity index is 1.16. The third-order valence-corrected chi connectivity index (χ3v) is 10.8. The van der Waals surface area contributed by atoms with Crippen LogP contribution < -0.4 is 0 Å². The summed E-state index contributed by atoms with van der Waals surface area (Å²) in [4.78, 5) is 10.7. The van der Waals surface area contributed by atoms with Crippen molar-refractivity contribution in [1.29, 1.82) is 0 Å². The molecule has 7 aromatic carbocycles. The Bertz CT molecular complexity index is 2850. The van der Waals surface area contributed by atoms with E-state index >= 15 is 0 Å². The standard InChI is InChI=1S/C45H28N2OS/c1-2-11-29(12-3-1)38-24-25-39(35-16-8-15-34-33-14-6-7-19-42(33)49-44(34)35)47-45(46-38)37-17-9-18-40-43(37)36-23-22-32(27-41(36)48-40)31-21-20-28-10-4-5-13-30(28)26-31/h1-23,25-27H,24H2. The zero-order chi connectivity index (χ0) is 32.3. The molecule has 0 bridgehead atoms. The molecule has 3 nitrogen and oxygen atoms in total. The molecule has 2 aromatic heterocycles. The first-order valence-corrected chi connectivity index (χ1v) is 17.4. The van der Waals surface area contributed by atoms with Gasteiger partial charge < -0.3 is 4.42 Å². The molecule has 4 heteroatoms. The third kappa shape index (κ3) is 4.72. The van der Waals surface area contributed by atoms with Crippen molar-refractivity contribution in [1.82, 2.24) is 0 Å². The second kappa shape index (κ2) is 11.3. The van der Waals surface area contributed by atoms with Gasteiger partial charge in [-0.1, -0.05) is 127 Å². The molecule has 10 rings (SSSR count). The lowest BCUT2D eigenvalue weighted by atomic mass is 9.99. The van der Waals surface area contributed by atoms with Crippen molar-refractivity contribution in [3.8, 4) is 11.1 Å². The molecule has 0 atom stereocenters. The highest BCUT2D eigenvalue weighted by molar-refractivity contribution is 7.26. The molecule has 230 valence electrons. The van der Waals surface area contributed by atoms with Gasteiger partial charge in [0.2, 0.25) is 0 Å². The Labute approximate surface area is 286 Å². The van der Waals surface area contributed by atoms with E-state index in [0.29, 0.717) is 12.3 Å². The molecule has 3 heterocycles. The predicted octanol–water partition coefficient (Wildman–Crippen LogP) is 12.5. The number of allylic oxidation sites excluding steroid dienone is 1. The molecule has 0 unspecified atom stereocenters. The molecule has 0 spiro atoms. The van der Waals surface area contributed by atoms with Crippen molar-refractivity contribution in [2.45, 2.75) is 6.42 Å². The number of nitrogens with zero attached hydrogens (tertiary/aromatic N) is 2. The topological polar surface area (TPSA) is 37.9 Å². The molecule has 0 aliphatic carbocycles. The van der Waals surface area contributed by atoms with E-state index in [1.54, 1.807) is 0 Å². The highest BCUT2D eigenvalue weighted by Gasteiger charge is 2.20. The van der Waals surface area contributed by atoms with Gasteiger partial charge in [0, 0.05) is 48.5 Å². The van der Waals surface area contributed by atoms with Crippen LogP contribution in [-0.2, 0) is 0 Å². The Kier molecular flexibility index (Phi) is 6.42. The predicted molar refractivity (Wildman–Crippen MR) is 208 cm³/mol. The number of benzene rings is 7. The first-order valence-electron chi connectivity index (χ1n) is 16.5. The second-order valence-corrected chi connectivity index (χ2v) is 13.5. The monoisotopic (exact) mass is 644 g/mol. The molecular weight excluding hydrogens is 617 g/mol. The van der Waals surface area contributed by atoms with Crippen LogP contribution in [0.15, 0.2) is 172 Å². The van der Waals surface area contributed by atoms with Crippen molar-refractivity contribution >= 4 is 81.5 Å². The molecule has 0 radical (unpaired) electrons. The average Bonchev–Trinajstić information content (AvgIpc) is 3.65. The van der Waals surface area contributed by atoms with Crippen LogP contribution in [0, 0.1) is 0 Å². The van der Waals surface area contributed by atoms with Crippen LogP contribution in [0.25, 0.3) is 69.7 Å². The molecule has 0 fully saturated rings. The van der Waals surface area contributed by atoms with Crippen LogP contribution in [0.4, 0.5) is 0 Å². The Morgan fingerprint density at radius 2 is 1.27 bits per heavy atom. The van der Waals surface area contributed by atoms with E-state index in [9.17, 15) is 0 Å². The number of thiophene rings is 1. The Morgan fingerprint density at radius 1 is 0.510 bits per heavy atom. The smallest absolute Gasteiger partial charge is 0.160 e. The number of aliphatic imine (C=N–C) groups is 2. The number of rotatable bonds is 4. The summed E-state index contributed by atoms with van der Waals surface area (Å²) in [5.74, 6) is 0.688. The summed E-state index contributed by atoms with van der Waals surface area (Å²) in [6.45, 7) is 0. The Hall–Kier alpha value is -6.10. The average molecular weight is 645 g/mol. The van der Waals surface area contributed by atoms with E-state index in [1.807, 2.05) is 29.5 Å². The molecule has 1 aliphatic rings. The van der Waals surface area contributed by atoms with Gasteiger partial charge in [-0.25, -0.2) is 9.98 Å². The van der Waals surface area contributed by atoms with Crippen molar-refractivity contribution in [3.63, 3.8) is 0 Å². The van der Waals surface area contributed by atoms with Crippen molar-refractivity contribution < 1.29 is 4.42 Å². The molecule has 9 aromatic rings. The lowest BCUT2D eigenvalue weighted by Crippen LogP contribution is -2.05. The van der Waals surface area contributed by atoms with Crippen LogP contribution in [0.5, 0.6) is 0 Å². The molecule has 0 saturated heterocycles. The fourth-order valence-electron chi connectivity index (χ4n) is 7.16. The number of furan rings is 1. The van der Waals surface area contributed by atoms with Gasteiger partial charge in [-0.05, 0) is 57.8 Å². The fraction of sp³-hybridized carbons (Fsp3) is 0.0222. The van der Waals surface area contributed by atoms with Crippen molar-refractivity contribution in [2.75, 3.05) is 0 Å². The van der Waals surface area contributed by atoms with Gasteiger partial charge in [-0.3, -0.25) is 0 Å². The largest absolute Gasteiger partial charge is 0.456 e. The molecule has 1 aliphatic heterocycles. The SMILES string of the molecule is C1=C(c2cccc3c2sc2ccccc23)N=C(c2cccc3oc4cc(-c5ccc6ccccc6c5)ccc4c23)N=C(c2ccccc2)C1. The van der Waals surface area contributed by atoms with Gasteiger partial charge in [-0.2, -0.15) is 0 Å². The summed E-state index contributed by atoms with van der Waals surface area (Å²) >= 11 is 1.83. The van der Waals surface area contributed by atoms with Gasteiger partial charge >= 0.3 is 0 Å². The number of amidine groups is 1. The van der Waals surface area contributed by atoms with E-state index in [2.05, 4.69) is 140 Å². The zero-order valence-electron chi connectivity index (χ0n) is 26.4. The summed E-state index contributed by atoms with van der Waals surface area (Å²) in [5, 5.41) is 7.07. The zero-order valence-corrected chi connectivity index (χ0v) is 27.2. The highest BCUT2D eigenvalue weighted by atomic mass is 32.1. The van der Waals surface area contributed by atoms with Crippen LogP contribution >= 0.6 is 11.3 Å². The minimum Gasteiger partial charge on any atom is -0.456 e. The highest BCUT2D eigenvalue weighted by Crippen LogP contribution is 2.40. The van der Waals surface area contributed by atoms with Gasteiger partial charge in [0.1, 0.15) is 11.2 Å². The first kappa shape index (κ1) is 28.0. The molecule has 49 heavy (non-hydrogen) atoms. The van der Waals surface area contributed by atoms with Crippen LogP contribution in [-0.4, -0.2) is 11.5 Å². The van der Waals surface area contributed by atoms with E-state index in [0.717, 1.165) is 61.2 Å². The lowest BCUT2D eigenvalue weighted by molar-refractivity contribution is 0.669. The summed E-state index contributed by atoms with van der Waals surface area (Å²) in [5.41, 5.74) is 9.06. The normalized spacial score (nSPS) is 13.6. The molecule has 0 N–H and O–H groups in total. The van der Waals surface area contributed by atoms with E-state index < -0.39 is 0 Å². The number of hydrogen-bond acceptors (Lipinski definition) is 4. The van der Waals surface area contributed by atoms with E-state index in [-0.39, 0.29) is 0 Å². The summed E-state index contributed by atoms with van der Waals surface area (Å²) in [7, 11) is 0. The number of fused-ring (bicyclic) bond motifs is 7. The minimum atomic E-state index is 0.671.